The molecule has 0 saturated carbocycles. The van der Waals surface area contributed by atoms with E-state index in [9.17, 15) is 18.0 Å². The van der Waals surface area contributed by atoms with Crippen molar-refractivity contribution in [2.75, 3.05) is 26.2 Å². The van der Waals surface area contributed by atoms with Crippen molar-refractivity contribution in [2.24, 2.45) is 7.05 Å². The second-order valence-corrected chi connectivity index (χ2v) is 10.0. The van der Waals surface area contributed by atoms with Gasteiger partial charge in [0.15, 0.2) is 5.58 Å². The average molecular weight is 475 g/mol. The highest BCUT2D eigenvalue weighted by Crippen LogP contribution is 2.24. The van der Waals surface area contributed by atoms with Crippen LogP contribution in [0.5, 0.6) is 0 Å². The fourth-order valence-corrected chi connectivity index (χ4v) is 5.56. The van der Waals surface area contributed by atoms with Gasteiger partial charge in [0.2, 0.25) is 10.0 Å². The third kappa shape index (κ3) is 3.40. The maximum absolute atomic E-state index is 13.1. The first-order valence-corrected chi connectivity index (χ1v) is 11.7. The SMILES string of the molecule is Cn1c(=O)oc2cc(S(=O)(=O)N3CCN(C(=O)c4cc5cc(Cl)ccc5[nH]4)CC3)ccc21. The van der Waals surface area contributed by atoms with E-state index < -0.39 is 15.8 Å². The number of fused-ring (bicyclic) bond motifs is 2. The predicted molar refractivity (Wildman–Crippen MR) is 119 cm³/mol. The first-order valence-electron chi connectivity index (χ1n) is 9.91. The van der Waals surface area contributed by atoms with Crippen LogP contribution in [0.15, 0.2) is 56.6 Å². The quantitative estimate of drug-likeness (QED) is 0.490. The van der Waals surface area contributed by atoms with Gasteiger partial charge in [-0.2, -0.15) is 4.31 Å². The smallest absolute Gasteiger partial charge is 0.408 e. The molecule has 4 aromatic rings. The minimum atomic E-state index is -3.79. The number of hydrogen-bond donors (Lipinski definition) is 1. The van der Waals surface area contributed by atoms with Crippen LogP contribution in [0.1, 0.15) is 10.5 Å². The number of nitrogens with zero attached hydrogens (tertiary/aromatic N) is 3. The fourth-order valence-electron chi connectivity index (χ4n) is 3.94. The van der Waals surface area contributed by atoms with E-state index in [1.54, 1.807) is 36.2 Å². The van der Waals surface area contributed by atoms with Gasteiger partial charge in [0.25, 0.3) is 5.91 Å². The molecule has 1 N–H and O–H groups in total. The Bertz CT molecular complexity index is 1530. The summed E-state index contributed by atoms with van der Waals surface area (Å²) in [6.45, 7) is 0.849. The van der Waals surface area contributed by atoms with Crippen LogP contribution >= 0.6 is 11.6 Å². The maximum atomic E-state index is 13.1. The number of hydrogen-bond acceptors (Lipinski definition) is 5. The van der Waals surface area contributed by atoms with Gasteiger partial charge in [-0.25, -0.2) is 13.2 Å². The number of rotatable bonds is 3. The topological polar surface area (TPSA) is 109 Å². The molecule has 3 heterocycles. The summed E-state index contributed by atoms with van der Waals surface area (Å²) < 4.78 is 34.0. The van der Waals surface area contributed by atoms with Crippen LogP contribution in [0, 0.1) is 0 Å². The number of halogens is 1. The number of amides is 1. The Kier molecular flexibility index (Phi) is 4.88. The van der Waals surface area contributed by atoms with Crippen LogP contribution in [-0.2, 0) is 17.1 Å². The summed E-state index contributed by atoms with van der Waals surface area (Å²) in [4.78, 5) is 29.4. The highest BCUT2D eigenvalue weighted by atomic mass is 35.5. The zero-order valence-electron chi connectivity index (χ0n) is 17.0. The fraction of sp³-hybridized carbons (Fsp3) is 0.238. The van der Waals surface area contributed by atoms with Crippen molar-refractivity contribution in [3.8, 4) is 0 Å². The van der Waals surface area contributed by atoms with E-state index in [0.29, 0.717) is 16.2 Å². The van der Waals surface area contributed by atoms with Crippen molar-refractivity contribution < 1.29 is 17.6 Å². The van der Waals surface area contributed by atoms with E-state index in [4.69, 9.17) is 16.0 Å². The lowest BCUT2D eigenvalue weighted by molar-refractivity contribution is 0.0693. The average Bonchev–Trinajstić information content (AvgIpc) is 3.33. The number of aryl methyl sites for hydroxylation is 1. The molecule has 2 aromatic carbocycles. The van der Waals surface area contributed by atoms with Gasteiger partial charge in [0.05, 0.1) is 10.4 Å². The molecule has 0 spiro atoms. The first-order chi connectivity index (χ1) is 15.2. The minimum Gasteiger partial charge on any atom is -0.408 e. The van der Waals surface area contributed by atoms with E-state index >= 15 is 0 Å². The Morgan fingerprint density at radius 3 is 2.56 bits per heavy atom. The lowest BCUT2D eigenvalue weighted by Gasteiger charge is -2.33. The molecule has 0 bridgehead atoms. The number of piperazine rings is 1. The molecule has 0 aliphatic carbocycles. The summed E-state index contributed by atoms with van der Waals surface area (Å²) >= 11 is 6.01. The normalized spacial score (nSPS) is 15.6. The zero-order chi connectivity index (χ0) is 22.6. The molecule has 5 rings (SSSR count). The summed E-state index contributed by atoms with van der Waals surface area (Å²) in [5, 5.41) is 1.42. The van der Waals surface area contributed by atoms with Crippen LogP contribution in [-0.4, -0.2) is 59.3 Å². The largest absolute Gasteiger partial charge is 0.419 e. The summed E-state index contributed by atoms with van der Waals surface area (Å²) in [5.41, 5.74) is 1.97. The Balaban J connectivity index is 1.33. The van der Waals surface area contributed by atoms with Gasteiger partial charge < -0.3 is 14.3 Å². The van der Waals surface area contributed by atoms with Crippen LogP contribution in [0.3, 0.4) is 0 Å². The van der Waals surface area contributed by atoms with Crippen LogP contribution in [0.4, 0.5) is 0 Å². The number of nitrogens with one attached hydrogen (secondary N) is 1. The molecule has 0 unspecified atom stereocenters. The molecule has 32 heavy (non-hydrogen) atoms. The van der Waals surface area contributed by atoms with Crippen LogP contribution < -0.4 is 5.76 Å². The summed E-state index contributed by atoms with van der Waals surface area (Å²) in [6.07, 6.45) is 0. The first kappa shape index (κ1) is 20.8. The molecule has 0 radical (unpaired) electrons. The number of aromatic nitrogens is 2. The van der Waals surface area contributed by atoms with Gasteiger partial charge >= 0.3 is 5.76 Å². The van der Waals surface area contributed by atoms with Crippen molar-refractivity contribution in [2.45, 2.75) is 4.90 Å². The van der Waals surface area contributed by atoms with E-state index in [0.717, 1.165) is 10.9 Å². The molecule has 1 amide bonds. The van der Waals surface area contributed by atoms with E-state index in [-0.39, 0.29) is 42.6 Å². The van der Waals surface area contributed by atoms with Crippen molar-refractivity contribution in [1.82, 2.24) is 18.8 Å². The third-order valence-electron chi connectivity index (χ3n) is 5.74. The number of carbonyl (C=O) groups is 1. The zero-order valence-corrected chi connectivity index (χ0v) is 18.6. The second kappa shape index (κ2) is 7.51. The van der Waals surface area contributed by atoms with Gasteiger partial charge in [0, 0.05) is 55.2 Å². The lowest BCUT2D eigenvalue weighted by atomic mass is 10.2. The number of sulfonamides is 1. The standard InChI is InChI=1S/C21H19ClN4O5S/c1-24-18-5-3-15(12-19(18)31-21(24)28)32(29,30)26-8-6-25(7-9-26)20(27)17-11-13-10-14(22)2-4-16(13)23-17/h2-5,10-12,23H,6-9H2,1H3. The summed E-state index contributed by atoms with van der Waals surface area (Å²) in [7, 11) is -2.24. The molecule has 0 atom stereocenters. The number of carbonyl (C=O) groups excluding carboxylic acids is 1. The minimum absolute atomic E-state index is 0.0478. The molecule has 2 aromatic heterocycles. The summed E-state index contributed by atoms with van der Waals surface area (Å²) in [5.74, 6) is -0.747. The third-order valence-corrected chi connectivity index (χ3v) is 7.87. The van der Waals surface area contributed by atoms with E-state index in [1.165, 1.54) is 21.0 Å². The highest BCUT2D eigenvalue weighted by Gasteiger charge is 2.31. The number of benzene rings is 2. The van der Waals surface area contributed by atoms with Crippen molar-refractivity contribution in [3.05, 3.63) is 63.7 Å². The molecule has 1 aliphatic rings. The van der Waals surface area contributed by atoms with Crippen molar-refractivity contribution >= 4 is 49.5 Å². The van der Waals surface area contributed by atoms with Crippen molar-refractivity contribution in [1.29, 1.82) is 0 Å². The van der Waals surface area contributed by atoms with Gasteiger partial charge in [-0.3, -0.25) is 9.36 Å². The van der Waals surface area contributed by atoms with Crippen LogP contribution in [0.2, 0.25) is 5.02 Å². The Hall–Kier alpha value is -3.08. The van der Waals surface area contributed by atoms with Gasteiger partial charge in [-0.15, -0.1) is 0 Å². The Morgan fingerprint density at radius 2 is 1.81 bits per heavy atom. The molecule has 1 aliphatic heterocycles. The second-order valence-electron chi connectivity index (χ2n) is 7.67. The number of H-pyrrole nitrogens is 1. The van der Waals surface area contributed by atoms with Gasteiger partial charge in [-0.05, 0) is 36.4 Å². The van der Waals surface area contributed by atoms with E-state index in [2.05, 4.69) is 4.98 Å². The van der Waals surface area contributed by atoms with E-state index in [1.807, 2.05) is 6.07 Å². The molecule has 11 heteroatoms. The van der Waals surface area contributed by atoms with Gasteiger partial charge in [0.1, 0.15) is 5.69 Å². The Morgan fingerprint density at radius 1 is 1.06 bits per heavy atom. The molecular formula is C21H19ClN4O5S. The number of aromatic amines is 1. The summed E-state index contributed by atoms with van der Waals surface area (Å²) in [6, 6.07) is 11.4. The molecular weight excluding hydrogens is 456 g/mol. The monoisotopic (exact) mass is 474 g/mol. The maximum Gasteiger partial charge on any atom is 0.419 e. The van der Waals surface area contributed by atoms with Crippen molar-refractivity contribution in [3.63, 3.8) is 0 Å². The van der Waals surface area contributed by atoms with Gasteiger partial charge in [-0.1, -0.05) is 11.6 Å². The molecule has 1 saturated heterocycles. The lowest BCUT2D eigenvalue weighted by Crippen LogP contribution is -2.50. The Labute approximate surface area is 187 Å². The molecule has 166 valence electrons. The predicted octanol–water partition coefficient (Wildman–Crippen LogP) is 2.41. The molecule has 9 nitrogen and oxygen atoms in total. The number of oxazole rings is 1. The highest BCUT2D eigenvalue weighted by molar-refractivity contribution is 7.89. The van der Waals surface area contributed by atoms with Crippen LogP contribution in [0.25, 0.3) is 22.0 Å². The molecule has 1 fully saturated rings.